The van der Waals surface area contributed by atoms with Crippen molar-refractivity contribution in [1.82, 2.24) is 20.3 Å². The Hall–Kier alpha value is -1.96. The molecule has 8 heteroatoms. The minimum Gasteiger partial charge on any atom is -0.479 e. The molecule has 0 aliphatic rings. The molecule has 0 aliphatic heterocycles. The molecule has 0 spiro atoms. The Balaban J connectivity index is 2.11. The highest BCUT2D eigenvalue weighted by Crippen LogP contribution is 1.91. The first kappa shape index (κ1) is 13.1. The third-order valence-electron chi connectivity index (χ3n) is 2.06. The largest absolute Gasteiger partial charge is 0.479 e. The number of carboxylic acids is 1. The maximum atomic E-state index is 11.3. The van der Waals surface area contributed by atoms with E-state index in [0.29, 0.717) is 6.54 Å². The summed E-state index contributed by atoms with van der Waals surface area (Å²) in [5.41, 5.74) is 0. The van der Waals surface area contributed by atoms with E-state index in [1.165, 1.54) is 10.9 Å². The number of aliphatic hydroxyl groups excluding tert-OH is 1. The van der Waals surface area contributed by atoms with E-state index in [0.717, 1.165) is 0 Å². The van der Waals surface area contributed by atoms with Gasteiger partial charge in [-0.1, -0.05) is 5.21 Å². The van der Waals surface area contributed by atoms with Crippen molar-refractivity contribution in [3.8, 4) is 0 Å². The predicted octanol–water partition coefficient (Wildman–Crippen LogP) is -1.38. The topological polar surface area (TPSA) is 117 Å². The number of nitrogens with zero attached hydrogens (tertiary/aromatic N) is 3. The van der Waals surface area contributed by atoms with Gasteiger partial charge in [0.15, 0.2) is 6.10 Å². The van der Waals surface area contributed by atoms with Crippen LogP contribution in [-0.4, -0.2) is 49.7 Å². The van der Waals surface area contributed by atoms with Gasteiger partial charge >= 0.3 is 5.97 Å². The molecular formula is C9H14N4O4. The molecule has 1 atom stereocenters. The van der Waals surface area contributed by atoms with Gasteiger partial charge < -0.3 is 15.5 Å². The van der Waals surface area contributed by atoms with E-state index in [9.17, 15) is 9.59 Å². The average Bonchev–Trinajstić information content (AvgIpc) is 2.78. The molecule has 17 heavy (non-hydrogen) atoms. The molecule has 0 fully saturated rings. The number of amides is 1. The van der Waals surface area contributed by atoms with Gasteiger partial charge in [0.05, 0.1) is 12.7 Å². The number of hydrogen-bond donors (Lipinski definition) is 3. The number of aryl methyl sites for hydroxylation is 1. The maximum absolute atomic E-state index is 11.3. The molecule has 1 unspecified atom stereocenters. The normalized spacial score (nSPS) is 12.1. The molecule has 0 radical (unpaired) electrons. The summed E-state index contributed by atoms with van der Waals surface area (Å²) in [6.07, 6.45) is 1.94. The first-order valence-electron chi connectivity index (χ1n) is 5.11. The zero-order valence-electron chi connectivity index (χ0n) is 9.11. The number of carbonyl (C=O) groups excluding carboxylic acids is 1. The molecule has 1 rings (SSSR count). The van der Waals surface area contributed by atoms with Gasteiger partial charge in [0.25, 0.3) is 0 Å². The fraction of sp³-hybridized carbons (Fsp3) is 0.556. The quantitative estimate of drug-likeness (QED) is 0.542. The van der Waals surface area contributed by atoms with Crippen LogP contribution in [0.4, 0.5) is 0 Å². The zero-order chi connectivity index (χ0) is 12.7. The highest BCUT2D eigenvalue weighted by atomic mass is 16.4. The predicted molar refractivity (Wildman–Crippen MR) is 55.9 cm³/mol. The van der Waals surface area contributed by atoms with Crippen molar-refractivity contribution in [2.24, 2.45) is 0 Å². The van der Waals surface area contributed by atoms with Crippen molar-refractivity contribution in [3.63, 3.8) is 0 Å². The number of nitrogens with one attached hydrogen (secondary N) is 1. The van der Waals surface area contributed by atoms with E-state index in [1.54, 1.807) is 6.20 Å². The monoisotopic (exact) mass is 242 g/mol. The molecule has 0 saturated carbocycles. The summed E-state index contributed by atoms with van der Waals surface area (Å²) in [5, 5.41) is 27.1. The molecule has 0 saturated heterocycles. The van der Waals surface area contributed by atoms with Crippen LogP contribution in [0.2, 0.25) is 0 Å². The van der Waals surface area contributed by atoms with E-state index in [1.807, 2.05) is 0 Å². The first-order valence-corrected chi connectivity index (χ1v) is 5.11. The third kappa shape index (κ3) is 5.07. The van der Waals surface area contributed by atoms with Crippen molar-refractivity contribution in [2.45, 2.75) is 25.5 Å². The highest BCUT2D eigenvalue weighted by Gasteiger charge is 2.12. The van der Waals surface area contributed by atoms with Crippen LogP contribution in [0.3, 0.4) is 0 Å². The first-order chi connectivity index (χ1) is 8.09. The zero-order valence-corrected chi connectivity index (χ0v) is 9.11. The van der Waals surface area contributed by atoms with Crippen molar-refractivity contribution in [1.29, 1.82) is 0 Å². The Labute approximate surface area is 97.2 Å². The van der Waals surface area contributed by atoms with Crippen LogP contribution in [0.25, 0.3) is 0 Å². The molecule has 0 bridgehead atoms. The lowest BCUT2D eigenvalue weighted by molar-refractivity contribution is -0.147. The lowest BCUT2D eigenvalue weighted by Crippen LogP contribution is -2.30. The summed E-state index contributed by atoms with van der Waals surface area (Å²) in [6.45, 7) is 0.539. The Bertz CT molecular complexity index is 365. The standard InChI is InChI=1S/C9H14N4O4/c14-7(9(16)17)1-3-10-8(15)2-5-13-6-4-11-12-13/h4,6-7,14H,1-3,5H2,(H,10,15)(H,16,17). The number of carboxylic acid groups (broad SMARTS) is 1. The second kappa shape index (κ2) is 6.59. The van der Waals surface area contributed by atoms with Crippen LogP contribution < -0.4 is 5.32 Å². The van der Waals surface area contributed by atoms with Gasteiger partial charge in [-0.25, -0.2) is 4.79 Å². The van der Waals surface area contributed by atoms with E-state index in [4.69, 9.17) is 10.2 Å². The summed E-state index contributed by atoms with van der Waals surface area (Å²) in [4.78, 5) is 21.6. The van der Waals surface area contributed by atoms with Crippen LogP contribution in [0, 0.1) is 0 Å². The van der Waals surface area contributed by atoms with E-state index >= 15 is 0 Å². The number of hydrogen-bond acceptors (Lipinski definition) is 5. The summed E-state index contributed by atoms with van der Waals surface area (Å²) < 4.78 is 1.52. The van der Waals surface area contributed by atoms with Gasteiger partial charge in [-0.3, -0.25) is 9.48 Å². The molecule has 1 amide bonds. The molecule has 0 aliphatic carbocycles. The lowest BCUT2D eigenvalue weighted by atomic mass is 10.2. The van der Waals surface area contributed by atoms with Gasteiger partial charge in [0.1, 0.15) is 0 Å². The highest BCUT2D eigenvalue weighted by molar-refractivity contribution is 5.76. The van der Waals surface area contributed by atoms with Crippen LogP contribution in [0.1, 0.15) is 12.8 Å². The van der Waals surface area contributed by atoms with Gasteiger partial charge in [-0.05, 0) is 0 Å². The summed E-state index contributed by atoms with van der Waals surface area (Å²) in [7, 11) is 0. The fourth-order valence-corrected chi connectivity index (χ4v) is 1.13. The second-order valence-corrected chi connectivity index (χ2v) is 3.41. The fourth-order valence-electron chi connectivity index (χ4n) is 1.13. The van der Waals surface area contributed by atoms with Crippen molar-refractivity contribution in [2.75, 3.05) is 6.54 Å². The van der Waals surface area contributed by atoms with Crippen molar-refractivity contribution >= 4 is 11.9 Å². The Morgan fingerprint density at radius 1 is 1.47 bits per heavy atom. The van der Waals surface area contributed by atoms with E-state index in [2.05, 4.69) is 15.6 Å². The number of carbonyl (C=O) groups is 2. The SMILES string of the molecule is O=C(CCn1ccnn1)NCCC(O)C(=O)O. The van der Waals surface area contributed by atoms with Crippen LogP contribution in [-0.2, 0) is 16.1 Å². The molecule has 3 N–H and O–H groups in total. The summed E-state index contributed by atoms with van der Waals surface area (Å²) in [6, 6.07) is 0. The number of aliphatic carboxylic acids is 1. The Morgan fingerprint density at radius 2 is 2.24 bits per heavy atom. The number of rotatable bonds is 7. The minimum atomic E-state index is -1.44. The van der Waals surface area contributed by atoms with Crippen LogP contribution >= 0.6 is 0 Å². The Kier molecular flexibility index (Phi) is 5.08. The van der Waals surface area contributed by atoms with Crippen LogP contribution in [0.15, 0.2) is 12.4 Å². The summed E-state index contributed by atoms with van der Waals surface area (Å²) >= 11 is 0. The lowest BCUT2D eigenvalue weighted by Gasteiger charge is -2.07. The van der Waals surface area contributed by atoms with Gasteiger partial charge in [-0.15, -0.1) is 5.10 Å². The van der Waals surface area contributed by atoms with Gasteiger partial charge in [-0.2, -0.15) is 0 Å². The maximum Gasteiger partial charge on any atom is 0.332 e. The van der Waals surface area contributed by atoms with E-state index < -0.39 is 12.1 Å². The minimum absolute atomic E-state index is 0.00953. The second-order valence-electron chi connectivity index (χ2n) is 3.41. The van der Waals surface area contributed by atoms with Crippen molar-refractivity contribution < 1.29 is 19.8 Å². The Morgan fingerprint density at radius 3 is 2.82 bits per heavy atom. The molecule has 1 aromatic rings. The van der Waals surface area contributed by atoms with Crippen LogP contribution in [0.5, 0.6) is 0 Å². The molecular weight excluding hydrogens is 228 g/mol. The smallest absolute Gasteiger partial charge is 0.332 e. The molecule has 8 nitrogen and oxygen atoms in total. The van der Waals surface area contributed by atoms with E-state index in [-0.39, 0.29) is 25.3 Å². The summed E-state index contributed by atoms with van der Waals surface area (Å²) in [5.74, 6) is -1.51. The number of aromatic nitrogens is 3. The number of aliphatic hydroxyl groups is 1. The molecule has 1 aromatic heterocycles. The molecule has 0 aromatic carbocycles. The van der Waals surface area contributed by atoms with Gasteiger partial charge in [0.2, 0.25) is 5.91 Å². The van der Waals surface area contributed by atoms with Crippen molar-refractivity contribution in [3.05, 3.63) is 12.4 Å². The third-order valence-corrected chi connectivity index (χ3v) is 2.06. The molecule has 94 valence electrons. The molecule has 1 heterocycles. The van der Waals surface area contributed by atoms with Gasteiger partial charge in [0, 0.05) is 25.6 Å². The average molecular weight is 242 g/mol.